The molecule has 1 aromatic carbocycles. The highest BCUT2D eigenvalue weighted by Gasteiger charge is 2.38. The lowest BCUT2D eigenvalue weighted by Gasteiger charge is -2.31. The van der Waals surface area contributed by atoms with Gasteiger partial charge in [0.1, 0.15) is 5.82 Å². The van der Waals surface area contributed by atoms with E-state index in [1.807, 2.05) is 12.1 Å². The molecular weight excluding hydrogens is 329 g/mol. The number of benzene rings is 1. The third-order valence-corrected chi connectivity index (χ3v) is 6.09. The van der Waals surface area contributed by atoms with E-state index in [4.69, 9.17) is 0 Å². The van der Waals surface area contributed by atoms with E-state index in [9.17, 15) is 9.18 Å². The first-order valence-electron chi connectivity index (χ1n) is 10.2. The number of anilines is 1. The van der Waals surface area contributed by atoms with E-state index in [0.29, 0.717) is 24.5 Å². The summed E-state index contributed by atoms with van der Waals surface area (Å²) < 4.78 is 13.1. The molecule has 2 aliphatic carbocycles. The summed E-state index contributed by atoms with van der Waals surface area (Å²) in [5.41, 5.74) is 1.07. The molecule has 0 aromatic heterocycles. The van der Waals surface area contributed by atoms with Crippen LogP contribution in [-0.4, -0.2) is 60.5 Å². The van der Waals surface area contributed by atoms with Crippen LogP contribution < -0.4 is 4.90 Å². The Labute approximate surface area is 155 Å². The minimum absolute atomic E-state index is 0.192. The molecule has 4 nitrogen and oxygen atoms in total. The normalized spacial score (nSPS) is 22.4. The van der Waals surface area contributed by atoms with Gasteiger partial charge in [0.15, 0.2) is 0 Å². The number of amides is 1. The molecule has 4 rings (SSSR count). The number of nitrogens with zero attached hydrogens (tertiary/aromatic N) is 3. The number of hydrogen-bond donors (Lipinski definition) is 0. The number of halogens is 1. The Morgan fingerprint density at radius 3 is 2.31 bits per heavy atom. The van der Waals surface area contributed by atoms with Crippen molar-refractivity contribution in [1.29, 1.82) is 0 Å². The Morgan fingerprint density at radius 1 is 0.923 bits per heavy atom. The fourth-order valence-corrected chi connectivity index (χ4v) is 4.55. The Morgan fingerprint density at radius 2 is 1.62 bits per heavy atom. The molecule has 1 saturated heterocycles. The molecule has 0 N–H and O–H groups in total. The second-order valence-electron chi connectivity index (χ2n) is 8.06. The molecule has 0 atom stereocenters. The van der Waals surface area contributed by atoms with E-state index >= 15 is 0 Å². The van der Waals surface area contributed by atoms with Crippen molar-refractivity contribution in [3.05, 3.63) is 30.1 Å². The second-order valence-corrected chi connectivity index (χ2v) is 8.06. The van der Waals surface area contributed by atoms with Crippen molar-refractivity contribution in [2.75, 3.05) is 37.6 Å². The molecule has 3 aliphatic rings. The monoisotopic (exact) mass is 359 g/mol. The van der Waals surface area contributed by atoms with Crippen molar-refractivity contribution in [1.82, 2.24) is 9.80 Å². The smallest absolute Gasteiger partial charge is 0.237 e. The summed E-state index contributed by atoms with van der Waals surface area (Å²) in [5.74, 6) is 0.150. The predicted octanol–water partition coefficient (Wildman–Crippen LogP) is 3.27. The van der Waals surface area contributed by atoms with E-state index in [2.05, 4.69) is 14.7 Å². The fourth-order valence-electron chi connectivity index (χ4n) is 4.55. The zero-order chi connectivity index (χ0) is 17.9. The minimum Gasteiger partial charge on any atom is -0.370 e. The van der Waals surface area contributed by atoms with Gasteiger partial charge in [-0.2, -0.15) is 0 Å². The van der Waals surface area contributed by atoms with Gasteiger partial charge in [0.25, 0.3) is 0 Å². The van der Waals surface area contributed by atoms with Gasteiger partial charge in [-0.25, -0.2) is 4.39 Å². The first-order valence-corrected chi connectivity index (χ1v) is 10.2. The second kappa shape index (κ2) is 7.95. The maximum absolute atomic E-state index is 13.1. The molecule has 2 saturated carbocycles. The number of rotatable bonds is 5. The SMILES string of the molecule is O=C(CN1CCCN(c2ccc(F)cc2)CC1)N(C1CCCC1)C1CC1. The summed E-state index contributed by atoms with van der Waals surface area (Å²) in [7, 11) is 0. The fraction of sp³-hybridized carbons (Fsp3) is 0.667. The molecule has 0 radical (unpaired) electrons. The first kappa shape index (κ1) is 17.8. The van der Waals surface area contributed by atoms with Crippen molar-refractivity contribution >= 4 is 11.6 Å². The van der Waals surface area contributed by atoms with Crippen LogP contribution in [-0.2, 0) is 4.79 Å². The summed E-state index contributed by atoms with van der Waals surface area (Å²) >= 11 is 0. The average Bonchev–Trinajstić information content (AvgIpc) is 3.37. The van der Waals surface area contributed by atoms with Gasteiger partial charge in [-0.15, -0.1) is 0 Å². The Kier molecular flexibility index (Phi) is 5.44. The molecule has 1 heterocycles. The zero-order valence-electron chi connectivity index (χ0n) is 15.6. The largest absolute Gasteiger partial charge is 0.370 e. The van der Waals surface area contributed by atoms with Crippen LogP contribution in [0.4, 0.5) is 10.1 Å². The van der Waals surface area contributed by atoms with Crippen LogP contribution >= 0.6 is 0 Å². The van der Waals surface area contributed by atoms with Gasteiger partial charge in [-0.3, -0.25) is 9.69 Å². The molecule has 26 heavy (non-hydrogen) atoms. The molecule has 1 amide bonds. The van der Waals surface area contributed by atoms with Gasteiger partial charge >= 0.3 is 0 Å². The quantitative estimate of drug-likeness (QED) is 0.807. The highest BCUT2D eigenvalue weighted by molar-refractivity contribution is 5.79. The number of hydrogen-bond acceptors (Lipinski definition) is 3. The highest BCUT2D eigenvalue weighted by atomic mass is 19.1. The van der Waals surface area contributed by atoms with Crippen LogP contribution in [0.1, 0.15) is 44.9 Å². The lowest BCUT2D eigenvalue weighted by atomic mass is 10.2. The number of carbonyl (C=O) groups is 1. The van der Waals surface area contributed by atoms with Crippen molar-refractivity contribution < 1.29 is 9.18 Å². The van der Waals surface area contributed by atoms with Crippen molar-refractivity contribution in [3.8, 4) is 0 Å². The number of carbonyl (C=O) groups excluding carboxylic acids is 1. The maximum atomic E-state index is 13.1. The third-order valence-electron chi connectivity index (χ3n) is 6.09. The molecule has 1 aliphatic heterocycles. The van der Waals surface area contributed by atoms with Crippen LogP contribution in [0.15, 0.2) is 24.3 Å². The van der Waals surface area contributed by atoms with Gasteiger partial charge in [-0.1, -0.05) is 12.8 Å². The molecule has 0 unspecified atom stereocenters. The Bertz CT molecular complexity index is 610. The lowest BCUT2D eigenvalue weighted by Crippen LogP contribution is -2.46. The average molecular weight is 359 g/mol. The van der Waals surface area contributed by atoms with Crippen LogP contribution in [0.3, 0.4) is 0 Å². The van der Waals surface area contributed by atoms with Crippen molar-refractivity contribution in [2.24, 2.45) is 0 Å². The van der Waals surface area contributed by atoms with Crippen LogP contribution in [0, 0.1) is 5.82 Å². The topological polar surface area (TPSA) is 26.8 Å². The molecule has 5 heteroatoms. The maximum Gasteiger partial charge on any atom is 0.237 e. The zero-order valence-corrected chi connectivity index (χ0v) is 15.6. The van der Waals surface area contributed by atoms with Crippen molar-refractivity contribution in [2.45, 2.75) is 57.0 Å². The standard InChI is InChI=1S/C21H30FN3O/c22-17-6-8-18(9-7-17)24-13-3-12-23(14-15-24)16-21(26)25(20-10-11-20)19-4-1-2-5-19/h6-9,19-20H,1-5,10-16H2. The minimum atomic E-state index is -0.192. The van der Waals surface area contributed by atoms with Crippen LogP contribution in [0.2, 0.25) is 0 Å². The summed E-state index contributed by atoms with van der Waals surface area (Å²) in [4.78, 5) is 19.9. The van der Waals surface area contributed by atoms with Gasteiger partial charge in [-0.05, 0) is 56.4 Å². The summed E-state index contributed by atoms with van der Waals surface area (Å²) in [6.45, 7) is 4.28. The van der Waals surface area contributed by atoms with Crippen molar-refractivity contribution in [3.63, 3.8) is 0 Å². The van der Waals surface area contributed by atoms with Gasteiger partial charge in [0.05, 0.1) is 6.54 Å². The highest BCUT2D eigenvalue weighted by Crippen LogP contribution is 2.34. The van der Waals surface area contributed by atoms with E-state index in [1.165, 1.54) is 50.7 Å². The third kappa shape index (κ3) is 4.20. The Balaban J connectivity index is 1.33. The summed E-state index contributed by atoms with van der Waals surface area (Å²) in [6, 6.07) is 7.77. The molecule has 142 valence electrons. The van der Waals surface area contributed by atoms with Crippen LogP contribution in [0.25, 0.3) is 0 Å². The Hall–Kier alpha value is -1.62. The molecule has 0 bridgehead atoms. The molecule has 3 fully saturated rings. The molecular formula is C21H30FN3O. The van der Waals surface area contributed by atoms with E-state index < -0.39 is 0 Å². The molecule has 1 aromatic rings. The summed E-state index contributed by atoms with van der Waals surface area (Å²) in [6.07, 6.45) is 8.37. The van der Waals surface area contributed by atoms with Gasteiger partial charge in [0.2, 0.25) is 5.91 Å². The predicted molar refractivity (Wildman–Crippen MR) is 102 cm³/mol. The van der Waals surface area contributed by atoms with Gasteiger partial charge < -0.3 is 9.80 Å². The molecule has 0 spiro atoms. The van der Waals surface area contributed by atoms with Crippen LogP contribution in [0.5, 0.6) is 0 Å². The first-order chi connectivity index (χ1) is 12.7. The van der Waals surface area contributed by atoms with E-state index in [-0.39, 0.29) is 5.82 Å². The van der Waals surface area contributed by atoms with E-state index in [1.54, 1.807) is 0 Å². The lowest BCUT2D eigenvalue weighted by molar-refractivity contribution is -0.135. The van der Waals surface area contributed by atoms with Gasteiger partial charge in [0, 0.05) is 44.0 Å². The summed E-state index contributed by atoms with van der Waals surface area (Å²) in [5, 5.41) is 0. The van der Waals surface area contributed by atoms with E-state index in [0.717, 1.165) is 38.3 Å².